The van der Waals surface area contributed by atoms with Gasteiger partial charge in [0.25, 0.3) is 5.92 Å². The molecule has 1 aromatic rings. The van der Waals surface area contributed by atoms with E-state index in [1.807, 2.05) is 0 Å². The maximum atomic E-state index is 13.8. The third-order valence-corrected chi connectivity index (χ3v) is 6.17. The summed E-state index contributed by atoms with van der Waals surface area (Å²) in [6.45, 7) is 7.45. The van der Waals surface area contributed by atoms with Gasteiger partial charge in [-0.2, -0.15) is 0 Å². The number of carbonyl (C=O) groups excluding carboxylic acids is 1. The quantitative estimate of drug-likeness (QED) is 0.181. The van der Waals surface area contributed by atoms with Crippen molar-refractivity contribution in [3.63, 3.8) is 0 Å². The number of carbonyl (C=O) groups is 2. The Kier molecular flexibility index (Phi) is 15.1. The fourth-order valence-electron chi connectivity index (χ4n) is 3.53. The van der Waals surface area contributed by atoms with E-state index in [-0.39, 0.29) is 50.0 Å². The number of carboxylic acids is 1. The highest BCUT2D eigenvalue weighted by molar-refractivity contribution is 9.10. The van der Waals surface area contributed by atoms with Crippen LogP contribution in [0.15, 0.2) is 62.0 Å². The van der Waals surface area contributed by atoms with Gasteiger partial charge in [0.1, 0.15) is 10.9 Å². The van der Waals surface area contributed by atoms with Gasteiger partial charge in [-0.05, 0) is 36.4 Å². The summed E-state index contributed by atoms with van der Waals surface area (Å²) in [5, 5.41) is 14.2. The molecule has 0 bridgehead atoms. The first kappa shape index (κ1) is 34.4. The fraction of sp³-hybridized carbons (Fsp3) is 0.462. The number of benzene rings is 1. The van der Waals surface area contributed by atoms with Crippen molar-refractivity contribution < 1.29 is 32.6 Å². The largest absolute Gasteiger partial charge is 0.481 e. The summed E-state index contributed by atoms with van der Waals surface area (Å²) in [5.41, 5.74) is 0.612. The van der Waals surface area contributed by atoms with Gasteiger partial charge in [-0.3, -0.25) is 19.7 Å². The minimum atomic E-state index is -3.01. The summed E-state index contributed by atoms with van der Waals surface area (Å²) in [5.74, 6) is -4.77. The monoisotopic (exact) mass is 634 g/mol. The van der Waals surface area contributed by atoms with Crippen molar-refractivity contribution in [2.24, 2.45) is 15.9 Å². The first-order chi connectivity index (χ1) is 18.3. The summed E-state index contributed by atoms with van der Waals surface area (Å²) < 4.78 is 45.7. The van der Waals surface area contributed by atoms with Crippen LogP contribution in [-0.2, 0) is 14.3 Å². The lowest BCUT2D eigenvalue weighted by Crippen LogP contribution is -2.44. The molecule has 13 heteroatoms. The Balaban J connectivity index is 0.000000806. The Labute approximate surface area is 239 Å². The number of aliphatic imine (C=N–C) groups is 2. The van der Waals surface area contributed by atoms with Crippen LogP contribution < -0.4 is 5.32 Å². The normalized spacial score (nSPS) is 14.6. The van der Waals surface area contributed by atoms with Crippen molar-refractivity contribution in [1.82, 2.24) is 10.2 Å². The van der Waals surface area contributed by atoms with E-state index in [0.29, 0.717) is 16.6 Å². The third-order valence-electron chi connectivity index (χ3n) is 4.91. The predicted molar refractivity (Wildman–Crippen MR) is 153 cm³/mol. The summed E-state index contributed by atoms with van der Waals surface area (Å²) in [6, 6.07) is 6.26. The molecule has 1 aromatic carbocycles. The van der Waals surface area contributed by atoms with Gasteiger partial charge in [0, 0.05) is 43.7 Å². The molecule has 0 saturated heterocycles. The second-order valence-corrected chi connectivity index (χ2v) is 10.5. The Morgan fingerprint density at radius 1 is 1.44 bits per heavy atom. The topological polar surface area (TPSA) is 104 Å². The highest BCUT2D eigenvalue weighted by Gasteiger charge is 2.30. The molecular weight excluding hydrogens is 601 g/mol. The lowest BCUT2D eigenvalue weighted by Gasteiger charge is -2.31. The third kappa shape index (κ3) is 13.8. The molecule has 8 nitrogen and oxygen atoms in total. The van der Waals surface area contributed by atoms with Crippen LogP contribution in [0, 0.1) is 11.7 Å². The Morgan fingerprint density at radius 3 is 2.62 bits per heavy atom. The molecular formula is C26H34BrF3N4O4S. The number of nitrogens with zero attached hydrogens (tertiary/aromatic N) is 3. The molecule has 1 atom stereocenters. The summed E-state index contributed by atoms with van der Waals surface area (Å²) in [7, 11) is 1.58. The van der Waals surface area contributed by atoms with Gasteiger partial charge >= 0.3 is 11.9 Å². The van der Waals surface area contributed by atoms with Gasteiger partial charge in [-0.1, -0.05) is 47.3 Å². The average molecular weight is 636 g/mol. The fourth-order valence-corrected chi connectivity index (χ4v) is 4.39. The Morgan fingerprint density at radius 2 is 2.13 bits per heavy atom. The minimum Gasteiger partial charge on any atom is -0.481 e. The van der Waals surface area contributed by atoms with Crippen molar-refractivity contribution in [2.45, 2.75) is 33.1 Å². The Bertz CT molecular complexity index is 1080. The number of ether oxygens (including phenoxy) is 1. The van der Waals surface area contributed by atoms with Crippen LogP contribution in [-0.4, -0.2) is 78.6 Å². The number of hydrogen-bond donors (Lipinski definition) is 2. The molecule has 2 N–H and O–H groups in total. The second-order valence-electron chi connectivity index (χ2n) is 8.66. The molecule has 1 aliphatic heterocycles. The summed E-state index contributed by atoms with van der Waals surface area (Å²) >= 11 is 4.36. The van der Waals surface area contributed by atoms with Crippen molar-refractivity contribution >= 4 is 50.5 Å². The van der Waals surface area contributed by atoms with Gasteiger partial charge in [-0.25, -0.2) is 18.0 Å². The maximum Gasteiger partial charge on any atom is 0.337 e. The zero-order valence-corrected chi connectivity index (χ0v) is 24.8. The number of halogens is 4. The molecule has 1 unspecified atom stereocenters. The van der Waals surface area contributed by atoms with Crippen LogP contribution in [0.5, 0.6) is 0 Å². The minimum absolute atomic E-state index is 0.00819. The molecule has 0 radical (unpaired) electrons. The molecule has 216 valence electrons. The molecule has 0 aliphatic carbocycles. The average Bonchev–Trinajstić information content (AvgIpc) is 2.81. The molecule has 1 aliphatic rings. The molecule has 39 heavy (non-hydrogen) atoms. The second kappa shape index (κ2) is 17.1. The predicted octanol–water partition coefficient (Wildman–Crippen LogP) is 5.37. The van der Waals surface area contributed by atoms with Crippen molar-refractivity contribution in [3.05, 3.63) is 57.8 Å². The summed E-state index contributed by atoms with van der Waals surface area (Å²) in [4.78, 5) is 33.3. The molecule has 0 saturated carbocycles. The first-order valence-corrected chi connectivity index (χ1v) is 13.6. The van der Waals surface area contributed by atoms with Gasteiger partial charge < -0.3 is 15.2 Å². The van der Waals surface area contributed by atoms with Crippen LogP contribution in [0.2, 0.25) is 0 Å². The Hall–Kier alpha value is -2.64. The van der Waals surface area contributed by atoms with Crippen molar-refractivity contribution in [2.75, 3.05) is 39.8 Å². The standard InChI is InChI=1S/C20H30F2N4O4S.C6H4BrF/c1-6-30-19(29)14-9-24-17(18(23-5)31-7-2)25-15(14)11-26(12-20(4,21)22)10-13(3)8-16(27)28;7-5-2-1-3-6(8)4-5/h7,13H,2,6,8-12H2,1,3-5H3,(H,24,25)(H,27,28);1-4H. The van der Waals surface area contributed by atoms with E-state index in [1.165, 1.54) is 28.8 Å². The lowest BCUT2D eigenvalue weighted by atomic mass is 10.1. The van der Waals surface area contributed by atoms with Gasteiger partial charge in [0.15, 0.2) is 5.84 Å². The number of thioether (sulfide) groups is 1. The van der Waals surface area contributed by atoms with Crippen molar-refractivity contribution in [1.29, 1.82) is 0 Å². The first-order valence-electron chi connectivity index (χ1n) is 12.0. The van der Waals surface area contributed by atoms with Crippen LogP contribution in [0.4, 0.5) is 13.2 Å². The highest BCUT2D eigenvalue weighted by atomic mass is 79.9. The zero-order chi connectivity index (χ0) is 29.6. The van der Waals surface area contributed by atoms with Crippen LogP contribution in [0.1, 0.15) is 27.2 Å². The van der Waals surface area contributed by atoms with Crippen LogP contribution in [0.3, 0.4) is 0 Å². The van der Waals surface area contributed by atoms with E-state index in [0.717, 1.165) is 11.4 Å². The number of rotatable bonds is 12. The molecule has 1 heterocycles. The zero-order valence-electron chi connectivity index (χ0n) is 22.3. The van der Waals surface area contributed by atoms with Gasteiger partial charge in [0.05, 0.1) is 25.3 Å². The maximum absolute atomic E-state index is 13.8. The number of amidine groups is 1. The highest BCUT2D eigenvalue weighted by Crippen LogP contribution is 2.20. The molecule has 2 rings (SSSR count). The molecule has 0 amide bonds. The number of aliphatic carboxylic acids is 1. The van der Waals surface area contributed by atoms with E-state index < -0.39 is 24.4 Å². The molecule has 0 spiro atoms. The van der Waals surface area contributed by atoms with E-state index in [4.69, 9.17) is 9.84 Å². The lowest BCUT2D eigenvalue weighted by molar-refractivity contribution is -0.139. The smallest absolute Gasteiger partial charge is 0.337 e. The van der Waals surface area contributed by atoms with Gasteiger partial charge in [-0.15, -0.1) is 0 Å². The van der Waals surface area contributed by atoms with Crippen LogP contribution >= 0.6 is 27.7 Å². The van der Waals surface area contributed by atoms with E-state index in [9.17, 15) is 22.8 Å². The van der Waals surface area contributed by atoms with Crippen molar-refractivity contribution in [3.8, 4) is 0 Å². The SMILES string of the molecule is C=CSC(=NC)C1=NCC(C(=O)OCC)=C(CN(CC(C)CC(=O)O)CC(C)(F)F)N1.Fc1cccc(Br)c1. The van der Waals surface area contributed by atoms with E-state index >= 15 is 0 Å². The number of alkyl halides is 2. The molecule has 0 aromatic heterocycles. The molecule has 0 fully saturated rings. The van der Waals surface area contributed by atoms with E-state index in [2.05, 4.69) is 37.8 Å². The number of nitrogens with one attached hydrogen (secondary N) is 1. The number of hydrogen-bond acceptors (Lipinski definition) is 8. The van der Waals surface area contributed by atoms with E-state index in [1.54, 1.807) is 38.4 Å². The number of carboxylic acid groups (broad SMARTS) is 1. The summed E-state index contributed by atoms with van der Waals surface area (Å²) in [6.07, 6.45) is -0.154. The number of esters is 1. The van der Waals surface area contributed by atoms with Gasteiger partial charge in [0.2, 0.25) is 0 Å². The van der Waals surface area contributed by atoms with Crippen LogP contribution in [0.25, 0.3) is 0 Å².